The van der Waals surface area contributed by atoms with Crippen LogP contribution in [0.4, 0.5) is 0 Å². The van der Waals surface area contributed by atoms with E-state index < -0.39 is 0 Å². The van der Waals surface area contributed by atoms with Gasteiger partial charge in [-0.25, -0.2) is 0 Å². The van der Waals surface area contributed by atoms with Crippen LogP contribution in [-0.2, 0) is 0 Å². The Morgan fingerprint density at radius 1 is 1.29 bits per heavy atom. The van der Waals surface area contributed by atoms with Crippen molar-refractivity contribution in [1.29, 1.82) is 0 Å². The molecule has 2 nitrogen and oxygen atoms in total. The molecule has 0 bridgehead atoms. The van der Waals surface area contributed by atoms with Crippen LogP contribution in [0.1, 0.15) is 48.7 Å². The van der Waals surface area contributed by atoms with Crippen molar-refractivity contribution in [2.24, 2.45) is 0 Å². The molecule has 1 aromatic rings. The number of carbonyl (C=O) groups is 1. The van der Waals surface area contributed by atoms with Crippen molar-refractivity contribution in [3.8, 4) is 0 Å². The molecule has 1 N–H and O–H groups in total. The first-order valence-corrected chi connectivity index (χ1v) is 7.00. The Morgan fingerprint density at radius 2 is 2.12 bits per heavy atom. The minimum Gasteiger partial charge on any atom is -0.316 e. The Hall–Kier alpha value is -0.380. The molecule has 1 aromatic heterocycles. The summed E-state index contributed by atoms with van der Waals surface area (Å²) < 4.78 is 0. The Bertz CT molecular complexity index is 288. The summed E-state index contributed by atoms with van der Waals surface area (Å²) in [6, 6.07) is 3.82. The number of hydrogen-bond donors (Lipinski definition) is 1. The van der Waals surface area contributed by atoms with Gasteiger partial charge in [-0.3, -0.25) is 4.79 Å². The van der Waals surface area contributed by atoms with Gasteiger partial charge in [0.05, 0.1) is 4.88 Å². The van der Waals surface area contributed by atoms with Crippen LogP contribution < -0.4 is 5.32 Å². The summed E-state index contributed by atoms with van der Waals surface area (Å²) in [6.45, 7) is 4.06. The van der Waals surface area contributed by atoms with E-state index in [1.54, 1.807) is 0 Å². The minimum atomic E-state index is 0. The van der Waals surface area contributed by atoms with Crippen LogP contribution >= 0.6 is 23.7 Å². The molecule has 0 radical (unpaired) electrons. The summed E-state index contributed by atoms with van der Waals surface area (Å²) in [5.74, 6) is 0.260. The number of carbonyl (C=O) groups excluding carboxylic acids is 1. The fourth-order valence-electron chi connectivity index (χ4n) is 1.56. The number of Topliss-reactive ketones (excluding diaryl/α,β-unsaturated/α-hetero) is 1. The van der Waals surface area contributed by atoms with E-state index >= 15 is 0 Å². The third-order valence-electron chi connectivity index (χ3n) is 2.53. The molecular weight excluding hydrogens is 254 g/mol. The van der Waals surface area contributed by atoms with E-state index in [1.807, 2.05) is 17.5 Å². The van der Waals surface area contributed by atoms with Crippen LogP contribution in [0.3, 0.4) is 0 Å². The van der Waals surface area contributed by atoms with E-state index in [0.717, 1.165) is 18.0 Å². The topological polar surface area (TPSA) is 29.1 Å². The first-order chi connectivity index (χ1) is 7.84. The summed E-state index contributed by atoms with van der Waals surface area (Å²) in [6.07, 6.45) is 5.73. The van der Waals surface area contributed by atoms with E-state index in [1.165, 1.54) is 37.0 Å². The number of unbranched alkanes of at least 4 members (excludes halogenated alkanes) is 3. The van der Waals surface area contributed by atoms with Crippen molar-refractivity contribution in [2.45, 2.75) is 39.0 Å². The van der Waals surface area contributed by atoms with Gasteiger partial charge in [0, 0.05) is 13.0 Å². The van der Waals surface area contributed by atoms with E-state index in [-0.39, 0.29) is 18.2 Å². The Balaban J connectivity index is 0.00000256. The number of rotatable bonds is 9. The number of nitrogens with one attached hydrogen (secondary N) is 1. The van der Waals surface area contributed by atoms with Crippen molar-refractivity contribution in [1.82, 2.24) is 5.32 Å². The van der Waals surface area contributed by atoms with Gasteiger partial charge in [-0.05, 0) is 24.4 Å². The predicted molar refractivity (Wildman–Crippen MR) is 77.5 cm³/mol. The van der Waals surface area contributed by atoms with Crippen LogP contribution in [0, 0.1) is 0 Å². The van der Waals surface area contributed by atoms with E-state index in [4.69, 9.17) is 0 Å². The van der Waals surface area contributed by atoms with Crippen LogP contribution in [0.2, 0.25) is 0 Å². The molecule has 0 amide bonds. The normalized spacial score (nSPS) is 9.94. The molecule has 0 saturated carbocycles. The van der Waals surface area contributed by atoms with Crippen LogP contribution in [0.5, 0.6) is 0 Å². The summed E-state index contributed by atoms with van der Waals surface area (Å²) in [7, 11) is 0. The van der Waals surface area contributed by atoms with Gasteiger partial charge in [-0.2, -0.15) is 0 Å². The summed E-state index contributed by atoms with van der Waals surface area (Å²) in [4.78, 5) is 12.5. The second-order valence-corrected chi connectivity index (χ2v) is 4.91. The van der Waals surface area contributed by atoms with Crippen molar-refractivity contribution in [3.63, 3.8) is 0 Å². The van der Waals surface area contributed by atoms with Crippen LogP contribution in [0.25, 0.3) is 0 Å². The van der Waals surface area contributed by atoms with Gasteiger partial charge in [0.2, 0.25) is 0 Å². The molecular formula is C13H22ClNOS. The molecule has 1 heterocycles. The monoisotopic (exact) mass is 275 g/mol. The molecule has 0 unspecified atom stereocenters. The van der Waals surface area contributed by atoms with Gasteiger partial charge in [-0.1, -0.05) is 32.3 Å². The fourth-order valence-corrected chi connectivity index (χ4v) is 2.26. The van der Waals surface area contributed by atoms with E-state index in [9.17, 15) is 4.79 Å². The predicted octanol–water partition coefficient (Wildman–Crippen LogP) is 3.91. The van der Waals surface area contributed by atoms with Gasteiger partial charge in [0.15, 0.2) is 5.78 Å². The largest absolute Gasteiger partial charge is 0.316 e. The Morgan fingerprint density at radius 3 is 2.76 bits per heavy atom. The molecule has 0 aliphatic heterocycles. The van der Waals surface area contributed by atoms with E-state index in [2.05, 4.69) is 12.2 Å². The Kier molecular flexibility index (Phi) is 10.5. The lowest BCUT2D eigenvalue weighted by Crippen LogP contribution is -2.19. The molecule has 0 fully saturated rings. The van der Waals surface area contributed by atoms with Crippen LogP contribution in [-0.4, -0.2) is 18.9 Å². The highest BCUT2D eigenvalue weighted by Gasteiger charge is 2.05. The molecule has 0 aliphatic rings. The molecule has 0 saturated heterocycles. The fraction of sp³-hybridized carbons (Fsp3) is 0.615. The third-order valence-corrected chi connectivity index (χ3v) is 3.44. The smallest absolute Gasteiger partial charge is 0.174 e. The van der Waals surface area contributed by atoms with Gasteiger partial charge in [-0.15, -0.1) is 23.7 Å². The standard InChI is InChI=1S/C13H21NOS.ClH/c1-2-3-4-5-9-14-10-8-12(15)13-7-6-11-16-13;/h6-7,11,14H,2-5,8-10H2,1H3;1H. The molecule has 17 heavy (non-hydrogen) atoms. The third kappa shape index (κ3) is 7.53. The highest BCUT2D eigenvalue weighted by atomic mass is 35.5. The molecule has 0 spiro atoms. The van der Waals surface area contributed by atoms with E-state index in [0.29, 0.717) is 6.42 Å². The number of ketones is 1. The van der Waals surface area contributed by atoms with Crippen molar-refractivity contribution >= 4 is 29.5 Å². The number of thiophene rings is 1. The molecule has 0 aliphatic carbocycles. The number of halogens is 1. The lowest BCUT2D eigenvalue weighted by Gasteiger charge is -2.03. The molecule has 1 rings (SSSR count). The summed E-state index contributed by atoms with van der Waals surface area (Å²) in [5.41, 5.74) is 0. The minimum absolute atomic E-state index is 0. The summed E-state index contributed by atoms with van der Waals surface area (Å²) in [5, 5.41) is 5.27. The lowest BCUT2D eigenvalue weighted by molar-refractivity contribution is 0.0986. The second kappa shape index (κ2) is 10.8. The first-order valence-electron chi connectivity index (χ1n) is 6.12. The highest BCUT2D eigenvalue weighted by Crippen LogP contribution is 2.10. The maximum Gasteiger partial charge on any atom is 0.174 e. The van der Waals surface area contributed by atoms with Crippen molar-refractivity contribution < 1.29 is 4.79 Å². The van der Waals surface area contributed by atoms with Gasteiger partial charge < -0.3 is 5.32 Å². The average Bonchev–Trinajstić information content (AvgIpc) is 2.81. The summed E-state index contributed by atoms with van der Waals surface area (Å²) >= 11 is 1.53. The zero-order chi connectivity index (χ0) is 11.6. The molecule has 4 heteroatoms. The maximum absolute atomic E-state index is 11.6. The quantitative estimate of drug-likeness (QED) is 0.547. The van der Waals surface area contributed by atoms with Crippen molar-refractivity contribution in [3.05, 3.63) is 22.4 Å². The second-order valence-electron chi connectivity index (χ2n) is 3.96. The molecule has 0 atom stereocenters. The molecule has 0 aromatic carbocycles. The Labute approximate surface area is 114 Å². The van der Waals surface area contributed by atoms with Gasteiger partial charge in [0.1, 0.15) is 0 Å². The van der Waals surface area contributed by atoms with Gasteiger partial charge in [0.25, 0.3) is 0 Å². The zero-order valence-electron chi connectivity index (χ0n) is 10.4. The van der Waals surface area contributed by atoms with Crippen molar-refractivity contribution in [2.75, 3.05) is 13.1 Å². The lowest BCUT2D eigenvalue weighted by atomic mass is 10.2. The SMILES string of the molecule is CCCCCCNCCC(=O)c1cccs1.Cl. The first kappa shape index (κ1) is 16.6. The van der Waals surface area contributed by atoms with Gasteiger partial charge >= 0.3 is 0 Å². The maximum atomic E-state index is 11.6. The molecule has 98 valence electrons. The zero-order valence-corrected chi connectivity index (χ0v) is 12.0. The number of hydrogen-bond acceptors (Lipinski definition) is 3. The highest BCUT2D eigenvalue weighted by molar-refractivity contribution is 7.12. The average molecular weight is 276 g/mol. The van der Waals surface area contributed by atoms with Crippen LogP contribution in [0.15, 0.2) is 17.5 Å².